The highest BCUT2D eigenvalue weighted by Crippen LogP contribution is 2.28. The molecule has 0 radical (unpaired) electrons. The van der Waals surface area contributed by atoms with E-state index in [1.54, 1.807) is 0 Å². The van der Waals surface area contributed by atoms with Crippen LogP contribution in [-0.2, 0) is 9.84 Å². The van der Waals surface area contributed by atoms with Crippen molar-refractivity contribution in [2.45, 2.75) is 22.8 Å². The van der Waals surface area contributed by atoms with Gasteiger partial charge >= 0.3 is 0 Å². The highest BCUT2D eigenvalue weighted by atomic mass is 32.3. The van der Waals surface area contributed by atoms with Crippen molar-refractivity contribution in [3.63, 3.8) is 0 Å². The molecule has 0 heterocycles. The molecule has 1 unspecified atom stereocenters. The maximum atomic E-state index is 11.3. The summed E-state index contributed by atoms with van der Waals surface area (Å²) in [7, 11) is -2.95. The number of rotatable bonds is 4. The molecule has 0 aliphatic heterocycles. The van der Waals surface area contributed by atoms with E-state index in [-0.39, 0.29) is 4.58 Å². The van der Waals surface area contributed by atoms with Crippen molar-refractivity contribution in [1.29, 1.82) is 0 Å². The van der Waals surface area contributed by atoms with Crippen molar-refractivity contribution in [3.05, 3.63) is 30.3 Å². The average Bonchev–Trinajstić information content (AvgIpc) is 2.14. The number of benzene rings is 1. The summed E-state index contributed by atoms with van der Waals surface area (Å²) in [5.74, 6) is 0. The van der Waals surface area contributed by atoms with E-state index < -0.39 is 9.84 Å². The van der Waals surface area contributed by atoms with Crippen LogP contribution in [0.3, 0.4) is 0 Å². The normalized spacial score (nSPS) is 13.9. The van der Waals surface area contributed by atoms with E-state index in [1.807, 2.05) is 37.3 Å². The van der Waals surface area contributed by atoms with Gasteiger partial charge in [0.15, 0.2) is 9.84 Å². The molecule has 0 fully saturated rings. The topological polar surface area (TPSA) is 34.1 Å². The smallest absolute Gasteiger partial charge is 0.159 e. The second-order valence-corrected chi connectivity index (χ2v) is 6.90. The van der Waals surface area contributed by atoms with E-state index in [0.29, 0.717) is 6.42 Å². The van der Waals surface area contributed by atoms with Crippen LogP contribution in [0.15, 0.2) is 35.2 Å². The molecule has 14 heavy (non-hydrogen) atoms. The molecule has 78 valence electrons. The number of thioether (sulfide) groups is 1. The van der Waals surface area contributed by atoms with Crippen molar-refractivity contribution in [2.24, 2.45) is 0 Å². The van der Waals surface area contributed by atoms with Crippen LogP contribution in [0.1, 0.15) is 13.3 Å². The lowest BCUT2D eigenvalue weighted by atomic mass is 10.4. The molecule has 0 saturated carbocycles. The van der Waals surface area contributed by atoms with Gasteiger partial charge in [0.1, 0.15) is 4.58 Å². The van der Waals surface area contributed by atoms with Gasteiger partial charge in [-0.2, -0.15) is 0 Å². The van der Waals surface area contributed by atoms with Crippen LogP contribution in [0.25, 0.3) is 0 Å². The van der Waals surface area contributed by atoms with Crippen LogP contribution in [0, 0.1) is 0 Å². The highest BCUT2D eigenvalue weighted by molar-refractivity contribution is 8.13. The first-order chi connectivity index (χ1) is 6.54. The molecule has 0 aliphatic rings. The number of sulfone groups is 1. The van der Waals surface area contributed by atoms with Gasteiger partial charge in [0, 0.05) is 11.2 Å². The zero-order valence-electron chi connectivity index (χ0n) is 8.30. The summed E-state index contributed by atoms with van der Waals surface area (Å²) in [4.78, 5) is 1.00. The average molecular weight is 230 g/mol. The molecule has 1 rings (SSSR count). The van der Waals surface area contributed by atoms with Gasteiger partial charge in [0.2, 0.25) is 0 Å². The Hall–Kier alpha value is -0.480. The van der Waals surface area contributed by atoms with Crippen molar-refractivity contribution in [2.75, 3.05) is 6.26 Å². The van der Waals surface area contributed by atoms with Crippen LogP contribution >= 0.6 is 11.8 Å². The third-order valence-corrected chi connectivity index (χ3v) is 5.59. The van der Waals surface area contributed by atoms with E-state index in [1.165, 1.54) is 18.0 Å². The number of hydrogen-bond donors (Lipinski definition) is 0. The van der Waals surface area contributed by atoms with E-state index >= 15 is 0 Å². The standard InChI is InChI=1S/C10H14O2S2/c1-3-10(14(2,11)12)13-9-7-5-4-6-8-9/h4-8,10H,3H2,1-2H3. The first-order valence-corrected chi connectivity index (χ1v) is 7.28. The Bertz CT molecular complexity index is 370. The molecular formula is C10H14O2S2. The third kappa shape index (κ3) is 3.35. The Morgan fingerprint density at radius 1 is 1.29 bits per heavy atom. The van der Waals surface area contributed by atoms with E-state index in [9.17, 15) is 8.42 Å². The van der Waals surface area contributed by atoms with Crippen molar-refractivity contribution in [1.82, 2.24) is 0 Å². The lowest BCUT2D eigenvalue weighted by Gasteiger charge is -2.11. The maximum Gasteiger partial charge on any atom is 0.159 e. The summed E-state index contributed by atoms with van der Waals surface area (Å²) in [5.41, 5.74) is 0. The summed E-state index contributed by atoms with van der Waals surface area (Å²) in [5, 5.41) is 0. The van der Waals surface area contributed by atoms with E-state index in [0.717, 1.165) is 4.90 Å². The van der Waals surface area contributed by atoms with Crippen LogP contribution in [-0.4, -0.2) is 19.3 Å². The van der Waals surface area contributed by atoms with Crippen molar-refractivity contribution in [3.8, 4) is 0 Å². The zero-order valence-corrected chi connectivity index (χ0v) is 9.94. The van der Waals surface area contributed by atoms with Crippen LogP contribution in [0.2, 0.25) is 0 Å². The molecule has 0 aromatic heterocycles. The Labute approximate surface area is 89.6 Å². The fraction of sp³-hybridized carbons (Fsp3) is 0.400. The largest absolute Gasteiger partial charge is 0.228 e. The molecule has 0 N–H and O–H groups in total. The number of hydrogen-bond acceptors (Lipinski definition) is 3. The minimum Gasteiger partial charge on any atom is -0.228 e. The Kier molecular flexibility index (Phi) is 4.01. The van der Waals surface area contributed by atoms with Gasteiger partial charge in [0.25, 0.3) is 0 Å². The molecule has 1 aromatic carbocycles. The molecule has 4 heteroatoms. The monoisotopic (exact) mass is 230 g/mol. The summed E-state index contributed by atoms with van der Waals surface area (Å²) in [6, 6.07) is 9.61. The molecule has 1 atom stereocenters. The Morgan fingerprint density at radius 3 is 2.29 bits per heavy atom. The van der Waals surface area contributed by atoms with Gasteiger partial charge < -0.3 is 0 Å². The predicted molar refractivity (Wildman–Crippen MR) is 61.2 cm³/mol. The Balaban J connectivity index is 2.77. The summed E-state index contributed by atoms with van der Waals surface area (Å²) < 4.78 is 22.4. The molecule has 1 aromatic rings. The first kappa shape index (κ1) is 11.6. The molecule has 0 saturated heterocycles. The molecule has 0 spiro atoms. The predicted octanol–water partition coefficient (Wildman–Crippen LogP) is 2.56. The van der Waals surface area contributed by atoms with Gasteiger partial charge in [-0.05, 0) is 18.6 Å². The Morgan fingerprint density at radius 2 is 1.86 bits per heavy atom. The summed E-state index contributed by atoms with van der Waals surface area (Å²) in [6.45, 7) is 1.89. The van der Waals surface area contributed by atoms with Gasteiger partial charge in [-0.25, -0.2) is 8.42 Å². The lowest BCUT2D eigenvalue weighted by molar-refractivity contribution is 0.597. The zero-order chi connectivity index (χ0) is 10.6. The quantitative estimate of drug-likeness (QED) is 0.745. The molecule has 0 amide bonds. The fourth-order valence-corrected chi connectivity index (χ4v) is 3.55. The fourth-order valence-electron chi connectivity index (χ4n) is 1.12. The van der Waals surface area contributed by atoms with Crippen LogP contribution in [0.4, 0.5) is 0 Å². The van der Waals surface area contributed by atoms with Crippen molar-refractivity contribution < 1.29 is 8.42 Å². The van der Waals surface area contributed by atoms with Gasteiger partial charge in [-0.1, -0.05) is 25.1 Å². The van der Waals surface area contributed by atoms with Crippen LogP contribution < -0.4 is 0 Å². The lowest BCUT2D eigenvalue weighted by Crippen LogP contribution is -2.14. The third-order valence-electron chi connectivity index (χ3n) is 1.82. The molecular weight excluding hydrogens is 216 g/mol. The minimum absolute atomic E-state index is 0.329. The first-order valence-electron chi connectivity index (χ1n) is 4.44. The van der Waals surface area contributed by atoms with E-state index in [4.69, 9.17) is 0 Å². The second-order valence-electron chi connectivity index (χ2n) is 3.10. The van der Waals surface area contributed by atoms with E-state index in [2.05, 4.69) is 0 Å². The molecule has 2 nitrogen and oxygen atoms in total. The highest BCUT2D eigenvalue weighted by Gasteiger charge is 2.19. The maximum absolute atomic E-state index is 11.3. The van der Waals surface area contributed by atoms with Gasteiger partial charge in [-0.3, -0.25) is 0 Å². The van der Waals surface area contributed by atoms with Gasteiger partial charge in [-0.15, -0.1) is 11.8 Å². The van der Waals surface area contributed by atoms with Gasteiger partial charge in [0.05, 0.1) is 0 Å². The second kappa shape index (κ2) is 4.84. The summed E-state index contributed by atoms with van der Waals surface area (Å²) in [6.07, 6.45) is 1.93. The van der Waals surface area contributed by atoms with Crippen LogP contribution in [0.5, 0.6) is 0 Å². The molecule has 0 aliphatic carbocycles. The summed E-state index contributed by atoms with van der Waals surface area (Å²) >= 11 is 1.41. The molecule has 0 bridgehead atoms. The van der Waals surface area contributed by atoms with Crippen molar-refractivity contribution >= 4 is 21.6 Å². The minimum atomic E-state index is -2.95. The SMILES string of the molecule is CCC(Sc1ccccc1)S(C)(=O)=O.